The van der Waals surface area contributed by atoms with Crippen molar-refractivity contribution in [2.75, 3.05) is 19.6 Å². The second-order valence-corrected chi connectivity index (χ2v) is 8.33. The number of piperidine rings is 1. The third kappa shape index (κ3) is 5.30. The van der Waals surface area contributed by atoms with Crippen LogP contribution in [0.5, 0.6) is 0 Å². The molecule has 2 amide bonds. The Kier molecular flexibility index (Phi) is 6.91. The molecule has 0 aliphatic carbocycles. The second-order valence-electron chi connectivity index (χ2n) is 7.30. The van der Waals surface area contributed by atoms with Gasteiger partial charge in [0.1, 0.15) is 0 Å². The number of carbonyl (C=O) groups is 2. The minimum atomic E-state index is 0.234. The van der Waals surface area contributed by atoms with E-state index in [0.29, 0.717) is 25.4 Å². The minimum Gasteiger partial charge on any atom is -0.342 e. The van der Waals surface area contributed by atoms with Crippen LogP contribution in [-0.2, 0) is 16.0 Å². The number of hydrogen-bond donors (Lipinski definition) is 0. The molecule has 0 saturated carbocycles. The van der Waals surface area contributed by atoms with E-state index in [1.807, 2.05) is 4.90 Å². The van der Waals surface area contributed by atoms with E-state index in [1.54, 1.807) is 11.3 Å². The molecule has 3 rings (SSSR count). The van der Waals surface area contributed by atoms with Crippen LogP contribution in [-0.4, -0.2) is 47.3 Å². The van der Waals surface area contributed by atoms with Gasteiger partial charge in [-0.3, -0.25) is 9.59 Å². The van der Waals surface area contributed by atoms with Crippen LogP contribution in [0.1, 0.15) is 62.7 Å². The Bertz CT molecular complexity index is 558. The molecule has 5 heteroatoms. The highest BCUT2D eigenvalue weighted by atomic mass is 32.1. The summed E-state index contributed by atoms with van der Waals surface area (Å²) in [5.41, 5.74) is 0. The summed E-state index contributed by atoms with van der Waals surface area (Å²) in [5, 5.41) is 2.12. The molecule has 25 heavy (non-hydrogen) atoms. The average Bonchev–Trinajstić information content (AvgIpc) is 3.07. The highest BCUT2D eigenvalue weighted by Gasteiger charge is 2.27. The van der Waals surface area contributed by atoms with Gasteiger partial charge in [-0.25, -0.2) is 0 Å². The molecule has 138 valence electrons. The number of thiophene rings is 1. The summed E-state index contributed by atoms with van der Waals surface area (Å²) in [6.45, 7) is 2.32. The van der Waals surface area contributed by atoms with Crippen molar-refractivity contribution >= 4 is 23.2 Å². The molecule has 2 saturated heterocycles. The van der Waals surface area contributed by atoms with Gasteiger partial charge in [0.2, 0.25) is 11.8 Å². The van der Waals surface area contributed by atoms with Crippen LogP contribution in [0.3, 0.4) is 0 Å². The van der Waals surface area contributed by atoms with Gasteiger partial charge in [0.05, 0.1) is 0 Å². The smallest absolute Gasteiger partial charge is 0.224 e. The van der Waals surface area contributed by atoms with E-state index in [2.05, 4.69) is 22.4 Å². The topological polar surface area (TPSA) is 40.6 Å². The molecule has 0 aromatic carbocycles. The fourth-order valence-corrected chi connectivity index (χ4v) is 4.77. The van der Waals surface area contributed by atoms with Crippen LogP contribution in [0.2, 0.25) is 0 Å². The number of amides is 2. The van der Waals surface area contributed by atoms with Gasteiger partial charge < -0.3 is 9.80 Å². The second kappa shape index (κ2) is 9.37. The molecule has 2 aliphatic rings. The van der Waals surface area contributed by atoms with Crippen molar-refractivity contribution in [1.82, 2.24) is 9.80 Å². The van der Waals surface area contributed by atoms with Crippen LogP contribution >= 0.6 is 11.3 Å². The van der Waals surface area contributed by atoms with E-state index in [9.17, 15) is 9.59 Å². The lowest BCUT2D eigenvalue weighted by molar-refractivity contribution is -0.136. The standard InChI is InChI=1S/C20H30N2O2S/c23-19-9-2-1-4-13-21(19)15-12-20(24)22-14-5-3-7-17(22)10-11-18-8-6-16-25-18/h6,8,16-17H,1-5,7,9-15H2. The zero-order valence-electron chi connectivity index (χ0n) is 15.1. The molecule has 2 fully saturated rings. The number of nitrogens with zero attached hydrogens (tertiary/aromatic N) is 2. The molecule has 1 unspecified atom stereocenters. The quantitative estimate of drug-likeness (QED) is 0.771. The Morgan fingerprint density at radius 1 is 1.16 bits per heavy atom. The molecule has 1 aromatic heterocycles. The molecule has 0 radical (unpaired) electrons. The fourth-order valence-electron chi connectivity index (χ4n) is 4.04. The van der Waals surface area contributed by atoms with E-state index in [-0.39, 0.29) is 11.8 Å². The Morgan fingerprint density at radius 3 is 2.88 bits per heavy atom. The van der Waals surface area contributed by atoms with Gasteiger partial charge in [-0.05, 0) is 56.4 Å². The maximum absolute atomic E-state index is 12.8. The Labute approximate surface area is 155 Å². The van der Waals surface area contributed by atoms with Gasteiger partial charge in [-0.1, -0.05) is 12.5 Å². The molecule has 1 atom stereocenters. The van der Waals surface area contributed by atoms with Crippen molar-refractivity contribution in [1.29, 1.82) is 0 Å². The SMILES string of the molecule is O=C1CCCCCN1CCC(=O)N1CCCCC1CCc1cccs1. The van der Waals surface area contributed by atoms with Crippen LogP contribution in [0.15, 0.2) is 17.5 Å². The molecule has 2 aliphatic heterocycles. The summed E-state index contributed by atoms with van der Waals surface area (Å²) < 4.78 is 0. The van der Waals surface area contributed by atoms with Gasteiger partial charge >= 0.3 is 0 Å². The fraction of sp³-hybridized carbons (Fsp3) is 0.700. The van der Waals surface area contributed by atoms with E-state index in [4.69, 9.17) is 0 Å². The maximum Gasteiger partial charge on any atom is 0.224 e. The van der Waals surface area contributed by atoms with Crippen LogP contribution in [0.25, 0.3) is 0 Å². The predicted octanol–water partition coefficient (Wildman–Crippen LogP) is 3.85. The van der Waals surface area contributed by atoms with Crippen molar-refractivity contribution in [2.24, 2.45) is 0 Å². The van der Waals surface area contributed by atoms with Crippen molar-refractivity contribution in [2.45, 2.75) is 70.3 Å². The molecular formula is C20H30N2O2S. The molecule has 4 nitrogen and oxygen atoms in total. The zero-order chi connectivity index (χ0) is 17.5. The first-order valence-corrected chi connectivity index (χ1v) is 10.7. The summed E-state index contributed by atoms with van der Waals surface area (Å²) in [4.78, 5) is 30.3. The summed E-state index contributed by atoms with van der Waals surface area (Å²) in [7, 11) is 0. The first-order chi connectivity index (χ1) is 12.2. The number of carbonyl (C=O) groups excluding carboxylic acids is 2. The Morgan fingerprint density at radius 2 is 2.04 bits per heavy atom. The number of likely N-dealkylation sites (tertiary alicyclic amines) is 2. The van der Waals surface area contributed by atoms with E-state index in [1.165, 1.54) is 11.3 Å². The third-order valence-corrected chi connectivity index (χ3v) is 6.45. The van der Waals surface area contributed by atoms with Crippen molar-refractivity contribution in [3.63, 3.8) is 0 Å². The maximum atomic E-state index is 12.8. The van der Waals surface area contributed by atoms with Crippen molar-refractivity contribution in [3.05, 3.63) is 22.4 Å². The highest BCUT2D eigenvalue weighted by Crippen LogP contribution is 2.23. The van der Waals surface area contributed by atoms with Crippen LogP contribution in [0.4, 0.5) is 0 Å². The summed E-state index contributed by atoms with van der Waals surface area (Å²) in [6, 6.07) is 4.66. The lowest BCUT2D eigenvalue weighted by Crippen LogP contribution is -2.45. The number of hydrogen-bond acceptors (Lipinski definition) is 3. The zero-order valence-corrected chi connectivity index (χ0v) is 15.9. The lowest BCUT2D eigenvalue weighted by Gasteiger charge is -2.36. The molecule has 3 heterocycles. The summed E-state index contributed by atoms with van der Waals surface area (Å²) in [6.07, 6.45) is 9.95. The number of rotatable bonds is 6. The molecule has 0 N–H and O–H groups in total. The number of aryl methyl sites for hydroxylation is 1. The first kappa shape index (κ1) is 18.4. The van der Waals surface area contributed by atoms with E-state index >= 15 is 0 Å². The van der Waals surface area contributed by atoms with Crippen molar-refractivity contribution in [3.8, 4) is 0 Å². The van der Waals surface area contributed by atoms with Crippen LogP contribution in [0, 0.1) is 0 Å². The molecule has 0 bridgehead atoms. The normalized spacial score (nSPS) is 22.1. The highest BCUT2D eigenvalue weighted by molar-refractivity contribution is 7.09. The Balaban J connectivity index is 1.50. The van der Waals surface area contributed by atoms with Gasteiger partial charge in [0.15, 0.2) is 0 Å². The van der Waals surface area contributed by atoms with Crippen molar-refractivity contribution < 1.29 is 9.59 Å². The lowest BCUT2D eigenvalue weighted by atomic mass is 9.97. The van der Waals surface area contributed by atoms with Gasteiger partial charge in [-0.2, -0.15) is 0 Å². The van der Waals surface area contributed by atoms with Crippen LogP contribution < -0.4 is 0 Å². The third-order valence-electron chi connectivity index (χ3n) is 5.52. The predicted molar refractivity (Wildman–Crippen MR) is 102 cm³/mol. The average molecular weight is 363 g/mol. The Hall–Kier alpha value is -1.36. The monoisotopic (exact) mass is 362 g/mol. The van der Waals surface area contributed by atoms with Gasteiger partial charge in [0.25, 0.3) is 0 Å². The minimum absolute atomic E-state index is 0.234. The van der Waals surface area contributed by atoms with E-state index < -0.39 is 0 Å². The summed E-state index contributed by atoms with van der Waals surface area (Å²) in [5.74, 6) is 0.478. The first-order valence-electron chi connectivity index (χ1n) is 9.83. The molecule has 0 spiro atoms. The molecular weight excluding hydrogens is 332 g/mol. The van der Waals surface area contributed by atoms with E-state index in [0.717, 1.165) is 58.0 Å². The van der Waals surface area contributed by atoms with Gasteiger partial charge in [0, 0.05) is 43.4 Å². The van der Waals surface area contributed by atoms with Gasteiger partial charge in [-0.15, -0.1) is 11.3 Å². The molecule has 1 aromatic rings. The largest absolute Gasteiger partial charge is 0.342 e. The summed E-state index contributed by atoms with van der Waals surface area (Å²) >= 11 is 1.80.